The Morgan fingerprint density at radius 1 is 1.37 bits per heavy atom. The Morgan fingerprint density at radius 3 is 2.84 bits per heavy atom. The Morgan fingerprint density at radius 2 is 2.16 bits per heavy atom. The highest BCUT2D eigenvalue weighted by molar-refractivity contribution is 5.82. The zero-order chi connectivity index (χ0) is 13.8. The van der Waals surface area contributed by atoms with Gasteiger partial charge >= 0.3 is 0 Å². The summed E-state index contributed by atoms with van der Waals surface area (Å²) in [5, 5.41) is 6.26. The summed E-state index contributed by atoms with van der Waals surface area (Å²) in [6.07, 6.45) is 1.25. The molecule has 2 fully saturated rings. The number of carbonyl (C=O) groups is 1. The maximum Gasteiger partial charge on any atom is 0.239 e. The molecule has 2 aliphatic heterocycles. The largest absolute Gasteiger partial charge is 0.378 e. The molecule has 2 aliphatic rings. The molecule has 0 aromatic rings. The van der Waals surface area contributed by atoms with Gasteiger partial charge in [-0.05, 0) is 19.3 Å². The van der Waals surface area contributed by atoms with Gasteiger partial charge in [0, 0.05) is 25.6 Å². The molecule has 2 N–H and O–H groups in total. The molecule has 0 aromatic heterocycles. The van der Waals surface area contributed by atoms with Crippen LogP contribution in [0.25, 0.3) is 0 Å². The number of nitrogens with one attached hydrogen (secondary N) is 2. The third-order valence-corrected chi connectivity index (χ3v) is 4.06. The van der Waals surface area contributed by atoms with Crippen LogP contribution in [0.4, 0.5) is 0 Å². The molecule has 0 radical (unpaired) electrons. The first-order valence-corrected chi connectivity index (χ1v) is 7.34. The molecule has 0 aromatic carbocycles. The molecule has 0 spiro atoms. The smallest absolute Gasteiger partial charge is 0.239 e. The first kappa shape index (κ1) is 14.8. The Balaban J connectivity index is 1.79. The van der Waals surface area contributed by atoms with Gasteiger partial charge in [0.05, 0.1) is 18.8 Å². The number of carbonyl (C=O) groups excluding carboxylic acids is 1. The van der Waals surface area contributed by atoms with Crippen molar-refractivity contribution in [3.05, 3.63) is 0 Å². The minimum atomic E-state index is -0.228. The molecule has 2 unspecified atom stereocenters. The van der Waals surface area contributed by atoms with Gasteiger partial charge in [-0.15, -0.1) is 0 Å². The van der Waals surface area contributed by atoms with Gasteiger partial charge in [0.25, 0.3) is 0 Å². The maximum absolute atomic E-state index is 12.1. The van der Waals surface area contributed by atoms with Gasteiger partial charge in [0.2, 0.25) is 5.91 Å². The van der Waals surface area contributed by atoms with Crippen LogP contribution in [0.3, 0.4) is 0 Å². The summed E-state index contributed by atoms with van der Waals surface area (Å²) in [5.41, 5.74) is 0. The van der Waals surface area contributed by atoms with E-state index >= 15 is 0 Å². The highest BCUT2D eigenvalue weighted by Crippen LogP contribution is 2.26. The molecule has 110 valence electrons. The number of rotatable bonds is 4. The van der Waals surface area contributed by atoms with Crippen molar-refractivity contribution in [2.75, 3.05) is 26.3 Å². The van der Waals surface area contributed by atoms with E-state index in [-0.39, 0.29) is 24.2 Å². The van der Waals surface area contributed by atoms with E-state index in [4.69, 9.17) is 9.47 Å². The topological polar surface area (TPSA) is 59.6 Å². The molecule has 2 rings (SSSR count). The van der Waals surface area contributed by atoms with Crippen LogP contribution < -0.4 is 10.6 Å². The van der Waals surface area contributed by atoms with Crippen LogP contribution >= 0.6 is 0 Å². The van der Waals surface area contributed by atoms with Crippen molar-refractivity contribution in [2.45, 2.75) is 45.4 Å². The van der Waals surface area contributed by atoms with Crippen molar-refractivity contribution in [3.8, 4) is 0 Å². The summed E-state index contributed by atoms with van der Waals surface area (Å²) in [5.74, 6) is 0.977. The van der Waals surface area contributed by atoms with Crippen molar-refractivity contribution >= 4 is 5.91 Å². The Hall–Kier alpha value is -0.650. The highest BCUT2D eigenvalue weighted by atomic mass is 16.5. The molecular formula is C14H26N2O3. The molecule has 0 saturated carbocycles. The zero-order valence-electron chi connectivity index (χ0n) is 12.1. The number of morpholine rings is 1. The average molecular weight is 270 g/mol. The van der Waals surface area contributed by atoms with E-state index < -0.39 is 0 Å². The molecule has 2 heterocycles. The Labute approximate surface area is 115 Å². The molecule has 5 heteroatoms. The van der Waals surface area contributed by atoms with Crippen LogP contribution in [0.1, 0.15) is 27.2 Å². The Kier molecular flexibility index (Phi) is 5.19. The van der Waals surface area contributed by atoms with Gasteiger partial charge in [-0.3, -0.25) is 4.79 Å². The minimum absolute atomic E-state index is 0.0432. The van der Waals surface area contributed by atoms with Crippen LogP contribution in [0.2, 0.25) is 0 Å². The summed E-state index contributed by atoms with van der Waals surface area (Å²) in [6, 6.07) is -0.228. The standard InChI is InChI=1S/C14H26N2O3/c1-9(2)13-11(4-6-19-13)8-16-14(17)12-10(3)18-7-5-15-12/h9-13,15H,4-8H2,1-3H3,(H,16,17)/t10-,11?,12+,13?/m1/s1. The predicted octanol–water partition coefficient (Wildman–Crippen LogP) is 0.541. The van der Waals surface area contributed by atoms with E-state index in [1.807, 2.05) is 6.92 Å². The molecule has 4 atom stereocenters. The third kappa shape index (κ3) is 3.68. The predicted molar refractivity (Wildman–Crippen MR) is 72.9 cm³/mol. The Bertz CT molecular complexity index is 309. The fraction of sp³-hybridized carbons (Fsp3) is 0.929. The quantitative estimate of drug-likeness (QED) is 0.783. The number of hydrogen-bond donors (Lipinski definition) is 2. The van der Waals surface area contributed by atoms with E-state index in [0.717, 1.165) is 19.6 Å². The van der Waals surface area contributed by atoms with Gasteiger partial charge in [-0.25, -0.2) is 0 Å². The SMILES string of the molecule is CC(C)C1OCCC1CNC(=O)[C@H]1NCCO[C@@H]1C. The van der Waals surface area contributed by atoms with E-state index in [2.05, 4.69) is 24.5 Å². The van der Waals surface area contributed by atoms with E-state index in [0.29, 0.717) is 25.0 Å². The molecule has 5 nitrogen and oxygen atoms in total. The van der Waals surface area contributed by atoms with Gasteiger partial charge < -0.3 is 20.1 Å². The molecule has 2 saturated heterocycles. The monoisotopic (exact) mass is 270 g/mol. The first-order chi connectivity index (χ1) is 9.09. The fourth-order valence-electron chi connectivity index (χ4n) is 2.98. The van der Waals surface area contributed by atoms with Crippen LogP contribution in [-0.2, 0) is 14.3 Å². The van der Waals surface area contributed by atoms with Crippen molar-refractivity contribution < 1.29 is 14.3 Å². The van der Waals surface area contributed by atoms with Crippen LogP contribution in [0.5, 0.6) is 0 Å². The van der Waals surface area contributed by atoms with Crippen LogP contribution in [0, 0.1) is 11.8 Å². The number of ether oxygens (including phenoxy) is 2. The second-order valence-electron chi connectivity index (χ2n) is 5.88. The molecular weight excluding hydrogens is 244 g/mol. The molecule has 19 heavy (non-hydrogen) atoms. The van der Waals surface area contributed by atoms with E-state index in [9.17, 15) is 4.79 Å². The van der Waals surface area contributed by atoms with Crippen molar-refractivity contribution in [2.24, 2.45) is 11.8 Å². The van der Waals surface area contributed by atoms with Crippen molar-refractivity contribution in [1.82, 2.24) is 10.6 Å². The molecule has 1 amide bonds. The van der Waals surface area contributed by atoms with Gasteiger partial charge in [-0.1, -0.05) is 13.8 Å². The second kappa shape index (κ2) is 6.68. The number of hydrogen-bond acceptors (Lipinski definition) is 4. The lowest BCUT2D eigenvalue weighted by Gasteiger charge is -2.30. The summed E-state index contributed by atoms with van der Waals surface area (Å²) < 4.78 is 11.2. The van der Waals surface area contributed by atoms with Gasteiger partial charge in [0.15, 0.2) is 0 Å². The summed E-state index contributed by atoms with van der Waals surface area (Å²) >= 11 is 0. The van der Waals surface area contributed by atoms with Crippen LogP contribution in [0.15, 0.2) is 0 Å². The van der Waals surface area contributed by atoms with Crippen molar-refractivity contribution in [1.29, 1.82) is 0 Å². The van der Waals surface area contributed by atoms with Gasteiger partial charge in [-0.2, -0.15) is 0 Å². The van der Waals surface area contributed by atoms with Crippen LogP contribution in [-0.4, -0.2) is 50.5 Å². The van der Waals surface area contributed by atoms with Crippen molar-refractivity contribution in [3.63, 3.8) is 0 Å². The van der Waals surface area contributed by atoms with Gasteiger partial charge in [0.1, 0.15) is 6.04 Å². The first-order valence-electron chi connectivity index (χ1n) is 7.34. The lowest BCUT2D eigenvalue weighted by atomic mass is 9.93. The summed E-state index contributed by atoms with van der Waals surface area (Å²) in [4.78, 5) is 12.1. The fourth-order valence-corrected chi connectivity index (χ4v) is 2.98. The third-order valence-electron chi connectivity index (χ3n) is 4.06. The average Bonchev–Trinajstić information content (AvgIpc) is 2.85. The minimum Gasteiger partial charge on any atom is -0.378 e. The molecule has 0 bridgehead atoms. The van der Waals surface area contributed by atoms with E-state index in [1.165, 1.54) is 0 Å². The second-order valence-corrected chi connectivity index (χ2v) is 5.88. The number of amides is 1. The normalized spacial score (nSPS) is 35.6. The zero-order valence-corrected chi connectivity index (χ0v) is 12.1. The summed E-state index contributed by atoms with van der Waals surface area (Å²) in [6.45, 7) is 9.20. The highest BCUT2D eigenvalue weighted by Gasteiger charge is 2.33. The maximum atomic E-state index is 12.1. The lowest BCUT2D eigenvalue weighted by molar-refractivity contribution is -0.129. The molecule has 0 aliphatic carbocycles. The lowest BCUT2D eigenvalue weighted by Crippen LogP contribution is -2.56. The summed E-state index contributed by atoms with van der Waals surface area (Å²) in [7, 11) is 0. The van der Waals surface area contributed by atoms with E-state index in [1.54, 1.807) is 0 Å².